The van der Waals surface area contributed by atoms with Crippen molar-refractivity contribution < 1.29 is 9.53 Å². The normalized spacial score (nSPS) is 10.7. The van der Waals surface area contributed by atoms with Crippen molar-refractivity contribution in [3.8, 4) is 5.75 Å². The van der Waals surface area contributed by atoms with E-state index in [0.29, 0.717) is 15.9 Å². The Morgan fingerprint density at radius 1 is 1.09 bits per heavy atom. The molecule has 0 aliphatic rings. The monoisotopic (exact) mass is 345 g/mol. The second-order valence-electron chi connectivity index (χ2n) is 5.15. The molecule has 3 rings (SSSR count). The van der Waals surface area contributed by atoms with E-state index in [-0.39, 0.29) is 17.2 Å². The highest BCUT2D eigenvalue weighted by Crippen LogP contribution is 2.37. The molecule has 0 unspecified atom stereocenters. The molecule has 0 bridgehead atoms. The molecule has 2 aromatic carbocycles. The number of benzene rings is 2. The van der Waals surface area contributed by atoms with Crippen molar-refractivity contribution in [1.82, 2.24) is 4.98 Å². The van der Waals surface area contributed by atoms with E-state index >= 15 is 0 Å². The second-order valence-corrected chi connectivity index (χ2v) is 5.97. The Morgan fingerprint density at radius 3 is 2.57 bits per heavy atom. The van der Waals surface area contributed by atoms with Gasteiger partial charge in [-0.25, -0.2) is 4.98 Å². The fraction of sp³-hybridized carbons (Fsp3) is 0.111. The molecule has 0 atom stereocenters. The quantitative estimate of drug-likeness (QED) is 0.495. The summed E-state index contributed by atoms with van der Waals surface area (Å²) in [6.45, 7) is 1.85. The van der Waals surface area contributed by atoms with Crippen LogP contribution in [0.25, 0.3) is 10.9 Å². The van der Waals surface area contributed by atoms with Crippen molar-refractivity contribution in [2.45, 2.75) is 13.3 Å². The van der Waals surface area contributed by atoms with Gasteiger partial charge in [0.1, 0.15) is 5.52 Å². The first-order chi connectivity index (χ1) is 11.0. The lowest BCUT2D eigenvalue weighted by Crippen LogP contribution is -2.12. The van der Waals surface area contributed by atoms with Crippen LogP contribution in [0.15, 0.2) is 48.5 Å². The molecular formula is C18H13Cl2NO2. The molecule has 0 N–H and O–H groups in total. The average molecular weight is 346 g/mol. The summed E-state index contributed by atoms with van der Waals surface area (Å²) in [6, 6.07) is 14.6. The number of fused-ring (bicyclic) bond motifs is 1. The van der Waals surface area contributed by atoms with Crippen molar-refractivity contribution in [1.29, 1.82) is 0 Å². The number of esters is 1. The van der Waals surface area contributed by atoms with E-state index in [0.717, 1.165) is 11.3 Å². The molecule has 1 aromatic heterocycles. The van der Waals surface area contributed by atoms with Gasteiger partial charge in [0, 0.05) is 11.1 Å². The van der Waals surface area contributed by atoms with Crippen LogP contribution in [0.4, 0.5) is 0 Å². The molecule has 116 valence electrons. The zero-order valence-corrected chi connectivity index (χ0v) is 13.9. The number of carbonyl (C=O) groups is 1. The lowest BCUT2D eigenvalue weighted by atomic mass is 10.1. The topological polar surface area (TPSA) is 39.2 Å². The molecule has 0 radical (unpaired) electrons. The van der Waals surface area contributed by atoms with Crippen molar-refractivity contribution in [2.24, 2.45) is 0 Å². The van der Waals surface area contributed by atoms with Crippen LogP contribution >= 0.6 is 23.2 Å². The van der Waals surface area contributed by atoms with Gasteiger partial charge in [-0.1, -0.05) is 53.5 Å². The van der Waals surface area contributed by atoms with Crippen LogP contribution in [0.1, 0.15) is 11.3 Å². The first-order valence-electron chi connectivity index (χ1n) is 7.04. The molecular weight excluding hydrogens is 333 g/mol. The summed E-state index contributed by atoms with van der Waals surface area (Å²) in [5.41, 5.74) is 2.15. The Bertz CT molecular complexity index is 879. The van der Waals surface area contributed by atoms with Crippen LogP contribution in [-0.4, -0.2) is 11.0 Å². The molecule has 0 aliphatic carbocycles. The number of hydrogen-bond donors (Lipinski definition) is 0. The van der Waals surface area contributed by atoms with E-state index in [1.165, 1.54) is 0 Å². The third-order valence-corrected chi connectivity index (χ3v) is 3.98. The van der Waals surface area contributed by atoms with Gasteiger partial charge in [0.15, 0.2) is 5.75 Å². The van der Waals surface area contributed by atoms with Crippen molar-refractivity contribution >= 4 is 40.1 Å². The van der Waals surface area contributed by atoms with E-state index in [1.54, 1.807) is 6.07 Å². The van der Waals surface area contributed by atoms with Gasteiger partial charge in [-0.15, -0.1) is 0 Å². The molecule has 0 saturated heterocycles. The Hall–Kier alpha value is -2.10. The SMILES string of the molecule is Cc1ccc2c(Cl)cc(Cl)c(OC(=O)Cc3ccccc3)c2n1. The Balaban J connectivity index is 1.96. The first-order valence-corrected chi connectivity index (χ1v) is 7.80. The van der Waals surface area contributed by atoms with Gasteiger partial charge >= 0.3 is 5.97 Å². The van der Waals surface area contributed by atoms with Gasteiger partial charge in [-0.2, -0.15) is 0 Å². The fourth-order valence-corrected chi connectivity index (χ4v) is 2.85. The summed E-state index contributed by atoms with van der Waals surface area (Å²) >= 11 is 12.4. The number of carbonyl (C=O) groups excluding carboxylic acids is 1. The number of nitrogens with zero attached hydrogens (tertiary/aromatic N) is 1. The van der Waals surface area contributed by atoms with Crippen LogP contribution in [0.3, 0.4) is 0 Å². The molecule has 0 amide bonds. The minimum atomic E-state index is -0.398. The summed E-state index contributed by atoms with van der Waals surface area (Å²) in [4.78, 5) is 16.6. The molecule has 3 nitrogen and oxygen atoms in total. The number of aromatic nitrogens is 1. The number of hydrogen-bond acceptors (Lipinski definition) is 3. The minimum Gasteiger partial charge on any atom is -0.422 e. The Kier molecular flexibility index (Phi) is 4.51. The maximum absolute atomic E-state index is 12.2. The highest BCUT2D eigenvalue weighted by molar-refractivity contribution is 6.39. The Morgan fingerprint density at radius 2 is 1.83 bits per heavy atom. The second kappa shape index (κ2) is 6.57. The van der Waals surface area contributed by atoms with Gasteiger partial charge < -0.3 is 4.74 Å². The predicted molar refractivity (Wildman–Crippen MR) is 92.3 cm³/mol. The molecule has 0 saturated carbocycles. The lowest BCUT2D eigenvalue weighted by molar-refractivity contribution is -0.133. The molecule has 3 aromatic rings. The largest absolute Gasteiger partial charge is 0.422 e. The van der Waals surface area contributed by atoms with E-state index in [9.17, 15) is 4.79 Å². The zero-order valence-electron chi connectivity index (χ0n) is 12.3. The summed E-state index contributed by atoms with van der Waals surface area (Å²) < 4.78 is 5.48. The summed E-state index contributed by atoms with van der Waals surface area (Å²) in [7, 11) is 0. The van der Waals surface area contributed by atoms with Crippen LogP contribution in [0, 0.1) is 6.92 Å². The first kappa shape index (κ1) is 15.8. The van der Waals surface area contributed by atoms with Crippen molar-refractivity contribution in [3.05, 3.63) is 69.8 Å². The molecule has 1 heterocycles. The molecule has 5 heteroatoms. The molecule has 0 aliphatic heterocycles. The summed E-state index contributed by atoms with van der Waals surface area (Å²) in [5.74, 6) is -0.152. The van der Waals surface area contributed by atoms with E-state index < -0.39 is 5.97 Å². The molecule has 23 heavy (non-hydrogen) atoms. The summed E-state index contributed by atoms with van der Waals surface area (Å²) in [5, 5.41) is 1.44. The predicted octanol–water partition coefficient (Wildman–Crippen LogP) is 5.00. The van der Waals surface area contributed by atoms with Gasteiger partial charge in [-0.3, -0.25) is 4.79 Å². The van der Waals surface area contributed by atoms with Crippen LogP contribution in [-0.2, 0) is 11.2 Å². The Labute approximate surface area is 143 Å². The highest BCUT2D eigenvalue weighted by Gasteiger charge is 2.16. The van der Waals surface area contributed by atoms with Gasteiger partial charge in [0.2, 0.25) is 0 Å². The van der Waals surface area contributed by atoms with E-state index in [1.807, 2.05) is 49.4 Å². The number of rotatable bonds is 3. The third-order valence-electron chi connectivity index (χ3n) is 3.38. The van der Waals surface area contributed by atoms with E-state index in [2.05, 4.69) is 4.98 Å². The average Bonchev–Trinajstić information content (AvgIpc) is 2.52. The smallest absolute Gasteiger partial charge is 0.315 e. The third kappa shape index (κ3) is 3.46. The number of halogens is 2. The van der Waals surface area contributed by atoms with Gasteiger partial charge in [-0.05, 0) is 30.7 Å². The highest BCUT2D eigenvalue weighted by atomic mass is 35.5. The standard InChI is InChI=1S/C18H13Cl2NO2/c1-11-7-8-13-14(19)10-15(20)18(17(13)21-11)23-16(22)9-12-5-3-2-4-6-12/h2-8,10H,9H2,1H3. The van der Waals surface area contributed by atoms with Gasteiger partial charge in [0.05, 0.1) is 16.5 Å². The van der Waals surface area contributed by atoms with E-state index in [4.69, 9.17) is 27.9 Å². The zero-order chi connectivity index (χ0) is 16.4. The maximum Gasteiger partial charge on any atom is 0.315 e. The van der Waals surface area contributed by atoms with Gasteiger partial charge in [0.25, 0.3) is 0 Å². The molecule has 0 fully saturated rings. The minimum absolute atomic E-state index is 0.160. The van der Waals surface area contributed by atoms with Crippen LogP contribution < -0.4 is 4.74 Å². The fourth-order valence-electron chi connectivity index (χ4n) is 2.30. The van der Waals surface area contributed by atoms with Crippen LogP contribution in [0.2, 0.25) is 10.0 Å². The van der Waals surface area contributed by atoms with Crippen molar-refractivity contribution in [2.75, 3.05) is 0 Å². The lowest BCUT2D eigenvalue weighted by Gasteiger charge is -2.11. The summed E-state index contributed by atoms with van der Waals surface area (Å²) in [6.07, 6.45) is 0.160. The number of ether oxygens (including phenoxy) is 1. The molecule has 0 spiro atoms. The van der Waals surface area contributed by atoms with Crippen LogP contribution in [0.5, 0.6) is 5.75 Å². The van der Waals surface area contributed by atoms with Crippen molar-refractivity contribution in [3.63, 3.8) is 0 Å². The maximum atomic E-state index is 12.2. The number of aryl methyl sites for hydroxylation is 1. The number of pyridine rings is 1.